The molecule has 2 aromatic heterocycles. The Bertz CT molecular complexity index is 1320. The molecule has 0 atom stereocenters. The number of carboxylic acid groups (broad SMARTS) is 1. The molecule has 0 amide bonds. The van der Waals surface area contributed by atoms with Gasteiger partial charge in [0.25, 0.3) is 0 Å². The average molecular weight is 522 g/mol. The van der Waals surface area contributed by atoms with Crippen molar-refractivity contribution in [3.63, 3.8) is 0 Å². The molecule has 2 N–H and O–H groups in total. The second kappa shape index (κ2) is 11.1. The number of nitrogens with zero attached hydrogens (tertiary/aromatic N) is 4. The zero-order valence-electron chi connectivity index (χ0n) is 18.5. The van der Waals surface area contributed by atoms with Crippen LogP contribution in [0.3, 0.4) is 0 Å². The Balaban J connectivity index is 0.000000206. The van der Waals surface area contributed by atoms with Crippen molar-refractivity contribution < 1.29 is 41.4 Å². The Morgan fingerprint density at radius 3 is 1.38 bits per heavy atom. The topological polar surface area (TPSA) is 109 Å². The number of hydrogen-bond acceptors (Lipinski definition) is 6. The lowest BCUT2D eigenvalue weighted by molar-refractivity contribution is -0.138. The van der Waals surface area contributed by atoms with E-state index in [-0.39, 0.29) is 12.3 Å². The summed E-state index contributed by atoms with van der Waals surface area (Å²) in [7, 11) is 0. The molecule has 0 radical (unpaired) electrons. The maximum atomic E-state index is 12.4. The summed E-state index contributed by atoms with van der Waals surface area (Å²) in [4.78, 5) is 26.0. The Labute approximate surface area is 205 Å². The lowest BCUT2D eigenvalue weighted by Gasteiger charge is -2.07. The number of carbonyl (C=O) groups is 1. The maximum Gasteiger partial charge on any atom is 0.416 e. The molecule has 0 saturated carbocycles. The van der Waals surface area contributed by atoms with Crippen LogP contribution in [0.25, 0.3) is 22.5 Å². The molecular weight excluding hydrogens is 506 g/mol. The van der Waals surface area contributed by atoms with Crippen LogP contribution in [0.4, 0.5) is 26.3 Å². The Morgan fingerprint density at radius 2 is 1.08 bits per heavy atom. The van der Waals surface area contributed by atoms with Crippen molar-refractivity contribution in [1.29, 1.82) is 0 Å². The quantitative estimate of drug-likeness (QED) is 0.340. The number of aromatic nitrogens is 4. The third-order valence-corrected chi connectivity index (χ3v) is 4.75. The summed E-state index contributed by atoms with van der Waals surface area (Å²) in [6.45, 7) is -0.222. The monoisotopic (exact) mass is 522 g/mol. The van der Waals surface area contributed by atoms with Gasteiger partial charge in [-0.05, 0) is 24.3 Å². The first-order valence-corrected chi connectivity index (χ1v) is 10.2. The molecule has 7 nitrogen and oxygen atoms in total. The van der Waals surface area contributed by atoms with Crippen LogP contribution in [0.2, 0.25) is 0 Å². The first-order valence-electron chi connectivity index (χ1n) is 10.2. The number of aliphatic hydroxyl groups excluding tert-OH is 1. The van der Waals surface area contributed by atoms with E-state index in [1.807, 2.05) is 0 Å². The fourth-order valence-corrected chi connectivity index (χ4v) is 2.83. The Morgan fingerprint density at radius 1 is 0.649 bits per heavy atom. The van der Waals surface area contributed by atoms with Gasteiger partial charge < -0.3 is 10.2 Å². The number of rotatable bonds is 4. The minimum atomic E-state index is -4.39. The van der Waals surface area contributed by atoms with Crippen LogP contribution in [0, 0.1) is 0 Å². The number of hydrogen-bond donors (Lipinski definition) is 2. The van der Waals surface area contributed by atoms with Crippen molar-refractivity contribution in [2.45, 2.75) is 19.0 Å². The molecule has 2 aromatic carbocycles. The normalized spacial score (nSPS) is 11.4. The van der Waals surface area contributed by atoms with E-state index >= 15 is 0 Å². The van der Waals surface area contributed by atoms with Crippen LogP contribution in [-0.4, -0.2) is 36.1 Å². The number of carboxylic acids is 1. The number of alkyl halides is 6. The van der Waals surface area contributed by atoms with Crippen LogP contribution in [0.5, 0.6) is 0 Å². The summed E-state index contributed by atoms with van der Waals surface area (Å²) in [5, 5.41) is 17.4. The van der Waals surface area contributed by atoms with Crippen LogP contribution >= 0.6 is 0 Å². The molecule has 0 saturated heterocycles. The minimum absolute atomic E-state index is 0.222. The summed E-state index contributed by atoms with van der Waals surface area (Å²) in [6, 6.07) is 9.05. The van der Waals surface area contributed by atoms with Crippen molar-refractivity contribution in [3.05, 3.63) is 95.8 Å². The van der Waals surface area contributed by atoms with Crippen molar-refractivity contribution >= 4 is 5.97 Å². The summed E-state index contributed by atoms with van der Waals surface area (Å²) in [5.41, 5.74) is 0.455. The highest BCUT2D eigenvalue weighted by atomic mass is 19.4. The zero-order valence-corrected chi connectivity index (χ0v) is 18.5. The number of halogens is 6. The molecule has 4 rings (SSSR count). The van der Waals surface area contributed by atoms with Crippen molar-refractivity contribution in [3.8, 4) is 22.5 Å². The van der Waals surface area contributed by atoms with Gasteiger partial charge in [0.1, 0.15) is 0 Å². The van der Waals surface area contributed by atoms with E-state index in [4.69, 9.17) is 10.2 Å². The Kier molecular flexibility index (Phi) is 8.17. The number of benzene rings is 2. The fourth-order valence-electron chi connectivity index (χ4n) is 2.83. The number of aromatic carboxylic acids is 1. The third-order valence-electron chi connectivity index (χ3n) is 4.75. The molecule has 192 valence electrons. The summed E-state index contributed by atoms with van der Waals surface area (Å²) >= 11 is 0. The van der Waals surface area contributed by atoms with Gasteiger partial charge >= 0.3 is 18.3 Å². The van der Waals surface area contributed by atoms with E-state index in [2.05, 4.69) is 19.9 Å². The van der Waals surface area contributed by atoms with Crippen molar-refractivity contribution in [1.82, 2.24) is 19.9 Å². The first-order chi connectivity index (χ1) is 17.4. The predicted octanol–water partition coefficient (Wildman–Crippen LogP) is 5.52. The largest absolute Gasteiger partial charge is 0.476 e. The van der Waals surface area contributed by atoms with Crippen LogP contribution in [-0.2, 0) is 19.0 Å². The van der Waals surface area contributed by atoms with E-state index in [1.165, 1.54) is 42.9 Å². The second-order valence-corrected chi connectivity index (χ2v) is 7.29. The average Bonchev–Trinajstić information content (AvgIpc) is 2.88. The van der Waals surface area contributed by atoms with E-state index in [9.17, 15) is 31.1 Å². The first kappa shape index (κ1) is 27.2. The third kappa shape index (κ3) is 7.30. The lowest BCUT2D eigenvalue weighted by atomic mass is 10.1. The molecule has 37 heavy (non-hydrogen) atoms. The molecule has 0 fully saturated rings. The highest BCUT2D eigenvalue weighted by Gasteiger charge is 2.30. The predicted molar refractivity (Wildman–Crippen MR) is 118 cm³/mol. The minimum Gasteiger partial charge on any atom is -0.476 e. The number of aliphatic hydroxyl groups is 1. The van der Waals surface area contributed by atoms with Crippen LogP contribution in [0.1, 0.15) is 27.3 Å². The molecule has 0 aliphatic heterocycles. The van der Waals surface area contributed by atoms with Gasteiger partial charge in [-0.25, -0.2) is 9.78 Å². The molecule has 0 aliphatic carbocycles. The van der Waals surface area contributed by atoms with Gasteiger partial charge in [0, 0.05) is 11.1 Å². The summed E-state index contributed by atoms with van der Waals surface area (Å²) in [5.74, 6) is -1.22. The SMILES string of the molecule is O=C(O)c1cnc(-c2ccc(C(F)(F)F)cc2)cn1.OCc1cnc(-c2ccc(C(F)(F)F)cc2)cn1. The molecule has 0 spiro atoms. The molecule has 0 bridgehead atoms. The van der Waals surface area contributed by atoms with Gasteiger partial charge in [-0.3, -0.25) is 15.0 Å². The molecular formula is C24H16F6N4O3. The van der Waals surface area contributed by atoms with E-state index in [0.717, 1.165) is 30.5 Å². The van der Waals surface area contributed by atoms with Gasteiger partial charge in [-0.15, -0.1) is 0 Å². The van der Waals surface area contributed by atoms with E-state index in [1.54, 1.807) is 0 Å². The van der Waals surface area contributed by atoms with Crippen molar-refractivity contribution in [2.24, 2.45) is 0 Å². The highest BCUT2D eigenvalue weighted by Crippen LogP contribution is 2.31. The van der Waals surface area contributed by atoms with E-state index < -0.39 is 29.4 Å². The van der Waals surface area contributed by atoms with Crippen molar-refractivity contribution in [2.75, 3.05) is 0 Å². The van der Waals surface area contributed by atoms with Crippen LogP contribution in [0.15, 0.2) is 73.3 Å². The molecule has 4 aromatic rings. The molecule has 0 aliphatic rings. The lowest BCUT2D eigenvalue weighted by Crippen LogP contribution is -2.04. The summed E-state index contributed by atoms with van der Waals surface area (Å²) in [6.07, 6.45) is -3.69. The fraction of sp³-hybridized carbons (Fsp3) is 0.125. The van der Waals surface area contributed by atoms with E-state index in [0.29, 0.717) is 28.2 Å². The highest BCUT2D eigenvalue weighted by molar-refractivity contribution is 5.85. The Hall–Kier alpha value is -4.39. The van der Waals surface area contributed by atoms with Gasteiger partial charge in [-0.2, -0.15) is 26.3 Å². The van der Waals surface area contributed by atoms with Gasteiger partial charge in [-0.1, -0.05) is 24.3 Å². The van der Waals surface area contributed by atoms with Gasteiger partial charge in [0.05, 0.1) is 59.6 Å². The zero-order chi connectivity index (χ0) is 27.2. The van der Waals surface area contributed by atoms with Gasteiger partial charge in [0.2, 0.25) is 0 Å². The maximum absolute atomic E-state index is 12.4. The molecule has 0 unspecified atom stereocenters. The summed E-state index contributed by atoms with van der Waals surface area (Å²) < 4.78 is 74.2. The van der Waals surface area contributed by atoms with Crippen LogP contribution < -0.4 is 0 Å². The van der Waals surface area contributed by atoms with Gasteiger partial charge in [0.15, 0.2) is 5.69 Å². The molecule has 13 heteroatoms. The molecule has 2 heterocycles. The smallest absolute Gasteiger partial charge is 0.416 e. The second-order valence-electron chi connectivity index (χ2n) is 7.29. The standard InChI is InChI=1S/C12H7F3N2O2.C12H9F3N2O/c13-12(14,15)8-3-1-7(2-4-8)9-5-17-10(6-16-9)11(18)19;13-12(14,15)9-3-1-8(2-4-9)11-6-16-10(7-18)5-17-11/h1-6H,(H,18,19);1-6,18H,7H2.